The van der Waals surface area contributed by atoms with E-state index in [1.807, 2.05) is 0 Å². The molecule has 1 heterocycles. The van der Waals surface area contributed by atoms with E-state index < -0.39 is 4.92 Å². The monoisotopic (exact) mass is 204 g/mol. The summed E-state index contributed by atoms with van der Waals surface area (Å²) < 4.78 is 0. The van der Waals surface area contributed by atoms with Crippen LogP contribution in [0.15, 0.2) is 24.4 Å². The summed E-state index contributed by atoms with van der Waals surface area (Å²) in [6.45, 7) is 1.43. The van der Waals surface area contributed by atoms with Crippen molar-refractivity contribution in [3.8, 4) is 0 Å². The lowest BCUT2D eigenvalue weighted by Crippen LogP contribution is -1.90. The van der Waals surface area contributed by atoms with Gasteiger partial charge < -0.3 is 4.98 Å². The molecule has 0 unspecified atom stereocenters. The highest BCUT2D eigenvalue weighted by molar-refractivity contribution is 6.08. The zero-order chi connectivity index (χ0) is 11.0. The Morgan fingerprint density at radius 1 is 1.47 bits per heavy atom. The van der Waals surface area contributed by atoms with Crippen LogP contribution in [-0.4, -0.2) is 15.7 Å². The van der Waals surface area contributed by atoms with Gasteiger partial charge in [-0.2, -0.15) is 0 Å². The van der Waals surface area contributed by atoms with Gasteiger partial charge in [-0.15, -0.1) is 0 Å². The highest BCUT2D eigenvalue weighted by Crippen LogP contribution is 2.26. The van der Waals surface area contributed by atoms with Gasteiger partial charge in [-0.25, -0.2) is 0 Å². The minimum atomic E-state index is -0.469. The number of rotatable bonds is 2. The Balaban J connectivity index is 2.80. The summed E-state index contributed by atoms with van der Waals surface area (Å²) in [5.41, 5.74) is 0.862. The quantitative estimate of drug-likeness (QED) is 0.463. The fourth-order valence-electron chi connectivity index (χ4n) is 1.58. The summed E-state index contributed by atoms with van der Waals surface area (Å²) in [6, 6.07) is 4.67. The summed E-state index contributed by atoms with van der Waals surface area (Å²) in [5.74, 6) is -0.109. The number of hydrogen-bond acceptors (Lipinski definition) is 3. The smallest absolute Gasteiger partial charge is 0.293 e. The number of ketones is 1. The molecule has 0 saturated carbocycles. The van der Waals surface area contributed by atoms with Crippen molar-refractivity contribution >= 4 is 22.4 Å². The first-order valence-corrected chi connectivity index (χ1v) is 4.36. The minimum absolute atomic E-state index is 0.0139. The van der Waals surface area contributed by atoms with E-state index in [0.717, 1.165) is 0 Å². The van der Waals surface area contributed by atoms with Gasteiger partial charge in [-0.1, -0.05) is 12.1 Å². The van der Waals surface area contributed by atoms with E-state index in [1.54, 1.807) is 12.1 Å². The Labute approximate surface area is 84.9 Å². The summed E-state index contributed by atoms with van der Waals surface area (Å²) in [7, 11) is 0. The molecule has 2 aromatic rings. The standard InChI is InChI=1S/C10H8N2O3/c1-6(13)8-5-11-10-7(8)3-2-4-9(10)12(14)15/h2-5,11H,1H3. The lowest BCUT2D eigenvalue weighted by Gasteiger charge is -1.94. The zero-order valence-corrected chi connectivity index (χ0v) is 7.98. The Bertz CT molecular complexity index is 557. The molecule has 5 heteroatoms. The van der Waals surface area contributed by atoms with E-state index in [-0.39, 0.29) is 11.5 Å². The molecule has 1 aromatic carbocycles. The fourth-order valence-corrected chi connectivity index (χ4v) is 1.58. The predicted octanol–water partition coefficient (Wildman–Crippen LogP) is 2.28. The Morgan fingerprint density at radius 3 is 2.80 bits per heavy atom. The molecule has 0 aliphatic carbocycles. The second-order valence-electron chi connectivity index (χ2n) is 3.22. The highest BCUT2D eigenvalue weighted by Gasteiger charge is 2.16. The van der Waals surface area contributed by atoms with Crippen molar-refractivity contribution in [3.63, 3.8) is 0 Å². The van der Waals surface area contributed by atoms with Crippen LogP contribution < -0.4 is 0 Å². The van der Waals surface area contributed by atoms with Crippen molar-refractivity contribution < 1.29 is 9.72 Å². The first-order chi connectivity index (χ1) is 7.11. The largest absolute Gasteiger partial charge is 0.355 e. The number of Topliss-reactive ketones (excluding diaryl/α,β-unsaturated/α-hetero) is 1. The van der Waals surface area contributed by atoms with Gasteiger partial charge in [0.05, 0.1) is 4.92 Å². The molecular weight excluding hydrogens is 196 g/mol. The van der Waals surface area contributed by atoms with Crippen molar-refractivity contribution in [1.82, 2.24) is 4.98 Å². The number of nitrogens with zero attached hydrogens (tertiary/aromatic N) is 1. The SMILES string of the molecule is CC(=O)c1c[nH]c2c([N+](=O)[O-])cccc12. The van der Waals surface area contributed by atoms with E-state index >= 15 is 0 Å². The van der Waals surface area contributed by atoms with Crippen LogP contribution in [0.3, 0.4) is 0 Å². The fraction of sp³-hybridized carbons (Fsp3) is 0.100. The van der Waals surface area contributed by atoms with Crippen LogP contribution in [0.1, 0.15) is 17.3 Å². The van der Waals surface area contributed by atoms with Crippen LogP contribution >= 0.6 is 0 Å². The van der Waals surface area contributed by atoms with Crippen molar-refractivity contribution in [1.29, 1.82) is 0 Å². The second kappa shape index (κ2) is 3.20. The number of carbonyl (C=O) groups is 1. The Kier molecular flexibility index (Phi) is 2.00. The number of hydrogen-bond donors (Lipinski definition) is 1. The van der Waals surface area contributed by atoms with Crippen LogP contribution in [0, 0.1) is 10.1 Å². The summed E-state index contributed by atoms with van der Waals surface area (Å²) in [6.07, 6.45) is 1.50. The first-order valence-electron chi connectivity index (χ1n) is 4.36. The molecule has 0 amide bonds. The summed E-state index contributed by atoms with van der Waals surface area (Å²) in [4.78, 5) is 24.2. The van der Waals surface area contributed by atoms with Crippen LogP contribution in [0.4, 0.5) is 5.69 Å². The molecule has 0 fully saturated rings. The van der Waals surface area contributed by atoms with Crippen LogP contribution in [-0.2, 0) is 0 Å². The van der Waals surface area contributed by atoms with Crippen molar-refractivity contribution in [2.24, 2.45) is 0 Å². The highest BCUT2D eigenvalue weighted by atomic mass is 16.6. The molecule has 5 nitrogen and oxygen atoms in total. The molecule has 0 saturated heterocycles. The summed E-state index contributed by atoms with van der Waals surface area (Å²) in [5, 5.41) is 11.3. The molecule has 0 bridgehead atoms. The van der Waals surface area contributed by atoms with Gasteiger partial charge in [0.2, 0.25) is 0 Å². The number of nitro groups is 1. The Hall–Kier alpha value is -2.17. The number of benzene rings is 1. The first kappa shape index (κ1) is 9.39. The molecule has 1 aromatic heterocycles. The van der Waals surface area contributed by atoms with Gasteiger partial charge in [0.25, 0.3) is 5.69 Å². The van der Waals surface area contributed by atoms with Crippen molar-refractivity contribution in [2.75, 3.05) is 0 Å². The van der Waals surface area contributed by atoms with Gasteiger partial charge in [0.1, 0.15) is 5.52 Å². The molecular formula is C10H8N2O3. The zero-order valence-electron chi connectivity index (χ0n) is 7.98. The molecule has 2 rings (SSSR count). The number of non-ortho nitro benzene ring substituents is 1. The number of fused-ring (bicyclic) bond motifs is 1. The van der Waals surface area contributed by atoms with E-state index in [2.05, 4.69) is 4.98 Å². The number of H-pyrrole nitrogens is 1. The lowest BCUT2D eigenvalue weighted by atomic mass is 10.1. The Morgan fingerprint density at radius 2 is 2.20 bits per heavy atom. The molecule has 0 radical (unpaired) electrons. The van der Waals surface area contributed by atoms with Crippen LogP contribution in [0.2, 0.25) is 0 Å². The van der Waals surface area contributed by atoms with Gasteiger partial charge in [0.15, 0.2) is 5.78 Å². The number of aromatic nitrogens is 1. The number of aromatic amines is 1. The predicted molar refractivity (Wildman–Crippen MR) is 55.0 cm³/mol. The minimum Gasteiger partial charge on any atom is -0.355 e. The molecule has 1 N–H and O–H groups in total. The average Bonchev–Trinajstić information content (AvgIpc) is 2.59. The van der Waals surface area contributed by atoms with E-state index in [1.165, 1.54) is 19.2 Å². The van der Waals surface area contributed by atoms with E-state index in [9.17, 15) is 14.9 Å². The van der Waals surface area contributed by atoms with Gasteiger partial charge >= 0.3 is 0 Å². The normalized spacial score (nSPS) is 10.5. The molecule has 15 heavy (non-hydrogen) atoms. The van der Waals surface area contributed by atoms with Crippen LogP contribution in [0.5, 0.6) is 0 Å². The van der Waals surface area contributed by atoms with E-state index in [4.69, 9.17) is 0 Å². The van der Waals surface area contributed by atoms with Crippen molar-refractivity contribution in [3.05, 3.63) is 40.1 Å². The number of nitro benzene ring substituents is 1. The molecule has 0 aliphatic heterocycles. The second-order valence-corrected chi connectivity index (χ2v) is 3.22. The number of para-hydroxylation sites is 1. The van der Waals surface area contributed by atoms with Gasteiger partial charge in [-0.3, -0.25) is 14.9 Å². The third-order valence-corrected chi connectivity index (χ3v) is 2.27. The maximum atomic E-state index is 11.2. The number of carbonyl (C=O) groups excluding carboxylic acids is 1. The van der Waals surface area contributed by atoms with Gasteiger partial charge in [-0.05, 0) is 6.92 Å². The van der Waals surface area contributed by atoms with Crippen LogP contribution in [0.25, 0.3) is 10.9 Å². The average molecular weight is 204 g/mol. The number of nitrogens with one attached hydrogen (secondary N) is 1. The van der Waals surface area contributed by atoms with E-state index in [0.29, 0.717) is 16.5 Å². The molecule has 0 atom stereocenters. The third-order valence-electron chi connectivity index (χ3n) is 2.27. The maximum Gasteiger partial charge on any atom is 0.293 e. The lowest BCUT2D eigenvalue weighted by molar-refractivity contribution is -0.383. The molecule has 76 valence electrons. The van der Waals surface area contributed by atoms with Crippen molar-refractivity contribution in [2.45, 2.75) is 6.92 Å². The van der Waals surface area contributed by atoms with Gasteiger partial charge in [0, 0.05) is 23.2 Å². The molecule has 0 spiro atoms. The maximum absolute atomic E-state index is 11.2. The third kappa shape index (κ3) is 1.38. The topological polar surface area (TPSA) is 76.0 Å². The molecule has 0 aliphatic rings. The summed E-state index contributed by atoms with van der Waals surface area (Å²) >= 11 is 0.